The number of halogens is 1. The molecule has 5 nitrogen and oxygen atoms in total. The molecule has 130 valence electrons. The molecule has 1 fully saturated rings. The van der Waals surface area contributed by atoms with Crippen molar-refractivity contribution in [3.05, 3.63) is 50.4 Å². The predicted molar refractivity (Wildman–Crippen MR) is 95.0 cm³/mol. The Morgan fingerprint density at radius 2 is 2.20 bits per heavy atom. The van der Waals surface area contributed by atoms with E-state index < -0.39 is 5.97 Å². The number of aryl methyl sites for hydroxylation is 1. The third-order valence-corrected chi connectivity index (χ3v) is 6.43. The van der Waals surface area contributed by atoms with Gasteiger partial charge < -0.3 is 10.0 Å². The highest BCUT2D eigenvalue weighted by Gasteiger charge is 2.48. The van der Waals surface area contributed by atoms with Gasteiger partial charge in [0, 0.05) is 17.6 Å². The molecule has 0 bridgehead atoms. The van der Waals surface area contributed by atoms with Crippen molar-refractivity contribution in [2.45, 2.75) is 32.2 Å². The number of aromatic nitrogens is 1. The predicted octanol–water partition coefficient (Wildman–Crippen LogP) is 3.40. The highest BCUT2D eigenvalue weighted by atomic mass is 35.5. The Hall–Kier alpha value is -1.92. The Morgan fingerprint density at radius 3 is 2.92 bits per heavy atom. The standard InChI is InChI=1S/C18H17ClN2O3S/c19-17-20-9-14(25-17)10-21-6-5-18(16(21)24)4-3-11-7-12(15(22)23)1-2-13(11)8-18/h1-2,7,9H,3-6,8,10H2,(H,22,23)/t18-/m0/s1. The smallest absolute Gasteiger partial charge is 0.335 e. The molecule has 0 unspecified atom stereocenters. The van der Waals surface area contributed by atoms with E-state index in [9.17, 15) is 9.59 Å². The normalized spacial score (nSPS) is 22.4. The van der Waals surface area contributed by atoms with E-state index in [1.165, 1.54) is 11.3 Å². The second-order valence-electron chi connectivity index (χ2n) is 6.80. The molecule has 2 aliphatic rings. The molecule has 7 heteroatoms. The van der Waals surface area contributed by atoms with Gasteiger partial charge in [0.1, 0.15) is 0 Å². The minimum absolute atomic E-state index is 0.199. The van der Waals surface area contributed by atoms with Crippen LogP contribution in [0.1, 0.15) is 39.2 Å². The van der Waals surface area contributed by atoms with Gasteiger partial charge >= 0.3 is 5.97 Å². The second-order valence-corrected chi connectivity index (χ2v) is 8.50. The highest BCUT2D eigenvalue weighted by molar-refractivity contribution is 7.15. The molecule has 1 aromatic carbocycles. The maximum absolute atomic E-state index is 13.1. The van der Waals surface area contributed by atoms with Crippen molar-refractivity contribution in [1.29, 1.82) is 0 Å². The Balaban J connectivity index is 1.53. The quantitative estimate of drug-likeness (QED) is 0.891. The van der Waals surface area contributed by atoms with Crippen molar-refractivity contribution in [3.8, 4) is 0 Å². The lowest BCUT2D eigenvalue weighted by atomic mass is 9.70. The average Bonchev–Trinajstić information content (AvgIpc) is 3.13. The van der Waals surface area contributed by atoms with Gasteiger partial charge in [-0.2, -0.15) is 0 Å². The first kappa shape index (κ1) is 16.5. The van der Waals surface area contributed by atoms with Crippen LogP contribution >= 0.6 is 22.9 Å². The van der Waals surface area contributed by atoms with Gasteiger partial charge in [-0.3, -0.25) is 4.79 Å². The number of aromatic carboxylic acids is 1. The number of likely N-dealkylation sites (tertiary alicyclic amines) is 1. The van der Waals surface area contributed by atoms with Gasteiger partial charge in [-0.25, -0.2) is 9.78 Å². The molecule has 1 atom stereocenters. The number of nitrogens with zero attached hydrogens (tertiary/aromatic N) is 2. The monoisotopic (exact) mass is 376 g/mol. The molecule has 4 rings (SSSR count). The van der Waals surface area contributed by atoms with Crippen LogP contribution in [-0.4, -0.2) is 33.4 Å². The Morgan fingerprint density at radius 1 is 1.36 bits per heavy atom. The minimum atomic E-state index is -0.908. The van der Waals surface area contributed by atoms with Gasteiger partial charge in [0.2, 0.25) is 5.91 Å². The number of carbonyl (C=O) groups excluding carboxylic acids is 1. The number of hydrogen-bond donors (Lipinski definition) is 1. The van der Waals surface area contributed by atoms with Gasteiger partial charge in [-0.05, 0) is 48.9 Å². The Kier molecular flexibility index (Phi) is 4.04. The largest absolute Gasteiger partial charge is 0.478 e. The molecule has 0 radical (unpaired) electrons. The molecule has 1 aliphatic heterocycles. The van der Waals surface area contributed by atoms with Crippen LogP contribution in [0.2, 0.25) is 4.47 Å². The van der Waals surface area contributed by atoms with Crippen LogP contribution in [0.3, 0.4) is 0 Å². The summed E-state index contributed by atoms with van der Waals surface area (Å²) in [4.78, 5) is 31.1. The maximum atomic E-state index is 13.1. The molecule has 1 saturated heterocycles. The van der Waals surface area contributed by atoms with E-state index in [4.69, 9.17) is 16.7 Å². The zero-order valence-corrected chi connectivity index (χ0v) is 15.1. The summed E-state index contributed by atoms with van der Waals surface area (Å²) in [6.45, 7) is 1.31. The SMILES string of the molecule is O=C(O)c1ccc2c(c1)CC[C@]1(CCN(Cc3cnc(Cl)s3)C1=O)C2. The van der Waals surface area contributed by atoms with Crippen LogP contribution in [0.25, 0.3) is 0 Å². The summed E-state index contributed by atoms with van der Waals surface area (Å²) in [6, 6.07) is 5.26. The van der Waals surface area contributed by atoms with E-state index in [1.807, 2.05) is 11.0 Å². The van der Waals surface area contributed by atoms with E-state index in [0.29, 0.717) is 23.0 Å². The zero-order chi connectivity index (χ0) is 17.6. The number of carboxylic acid groups (broad SMARTS) is 1. The number of fused-ring (bicyclic) bond motifs is 1. The lowest BCUT2D eigenvalue weighted by Gasteiger charge is -2.33. The first-order chi connectivity index (χ1) is 12.0. The fraction of sp³-hybridized carbons (Fsp3) is 0.389. The molecular formula is C18H17ClN2O3S. The summed E-state index contributed by atoms with van der Waals surface area (Å²) in [6.07, 6.45) is 4.80. The number of carbonyl (C=O) groups is 2. The molecule has 1 aromatic heterocycles. The first-order valence-corrected chi connectivity index (χ1v) is 9.41. The van der Waals surface area contributed by atoms with E-state index in [0.717, 1.165) is 41.8 Å². The van der Waals surface area contributed by atoms with Crippen molar-refractivity contribution in [2.24, 2.45) is 5.41 Å². The van der Waals surface area contributed by atoms with Crippen LogP contribution in [0.4, 0.5) is 0 Å². The third-order valence-electron chi connectivity index (χ3n) is 5.33. The lowest BCUT2D eigenvalue weighted by molar-refractivity contribution is -0.137. The molecule has 1 spiro atoms. The number of hydrogen-bond acceptors (Lipinski definition) is 4. The van der Waals surface area contributed by atoms with Gasteiger partial charge in [-0.1, -0.05) is 17.7 Å². The van der Waals surface area contributed by atoms with Crippen LogP contribution in [0.15, 0.2) is 24.4 Å². The fourth-order valence-electron chi connectivity index (χ4n) is 3.98. The second kappa shape index (κ2) is 6.11. The molecule has 0 saturated carbocycles. The summed E-state index contributed by atoms with van der Waals surface area (Å²) < 4.78 is 0.497. The third kappa shape index (κ3) is 2.93. The Labute approximate surface area is 154 Å². The number of carboxylic acids is 1. The van der Waals surface area contributed by atoms with E-state index >= 15 is 0 Å². The summed E-state index contributed by atoms with van der Waals surface area (Å²) >= 11 is 7.29. The molecule has 1 amide bonds. The molecule has 1 N–H and O–H groups in total. The minimum Gasteiger partial charge on any atom is -0.478 e. The van der Waals surface area contributed by atoms with Crippen molar-refractivity contribution < 1.29 is 14.7 Å². The molecule has 1 aliphatic carbocycles. The molecular weight excluding hydrogens is 360 g/mol. The van der Waals surface area contributed by atoms with Crippen LogP contribution < -0.4 is 0 Å². The lowest BCUT2D eigenvalue weighted by Crippen LogP contribution is -2.38. The van der Waals surface area contributed by atoms with Gasteiger partial charge in [0.25, 0.3) is 0 Å². The topological polar surface area (TPSA) is 70.5 Å². The molecule has 2 aromatic rings. The van der Waals surface area contributed by atoms with E-state index in [1.54, 1.807) is 18.3 Å². The van der Waals surface area contributed by atoms with Crippen molar-refractivity contribution in [3.63, 3.8) is 0 Å². The summed E-state index contributed by atoms with van der Waals surface area (Å²) in [5, 5.41) is 9.14. The molecule has 2 heterocycles. The fourth-order valence-corrected chi connectivity index (χ4v) is 4.97. The summed E-state index contributed by atoms with van der Waals surface area (Å²) in [5.74, 6) is -0.709. The number of benzene rings is 1. The maximum Gasteiger partial charge on any atom is 0.335 e. The number of thiazole rings is 1. The average molecular weight is 377 g/mol. The number of amides is 1. The summed E-state index contributed by atoms with van der Waals surface area (Å²) in [7, 11) is 0. The highest BCUT2D eigenvalue weighted by Crippen LogP contribution is 2.44. The van der Waals surface area contributed by atoms with Gasteiger partial charge in [0.15, 0.2) is 4.47 Å². The van der Waals surface area contributed by atoms with Gasteiger partial charge in [-0.15, -0.1) is 11.3 Å². The van der Waals surface area contributed by atoms with Crippen molar-refractivity contribution in [1.82, 2.24) is 9.88 Å². The van der Waals surface area contributed by atoms with Crippen LogP contribution in [0.5, 0.6) is 0 Å². The van der Waals surface area contributed by atoms with Crippen LogP contribution in [0, 0.1) is 5.41 Å². The first-order valence-electron chi connectivity index (χ1n) is 8.21. The molecule has 25 heavy (non-hydrogen) atoms. The van der Waals surface area contributed by atoms with Crippen molar-refractivity contribution in [2.75, 3.05) is 6.54 Å². The van der Waals surface area contributed by atoms with E-state index in [2.05, 4.69) is 4.98 Å². The van der Waals surface area contributed by atoms with Crippen LogP contribution in [-0.2, 0) is 24.2 Å². The Bertz CT molecular complexity index is 866. The van der Waals surface area contributed by atoms with Gasteiger partial charge in [0.05, 0.1) is 17.5 Å². The van der Waals surface area contributed by atoms with E-state index in [-0.39, 0.29) is 11.3 Å². The van der Waals surface area contributed by atoms with Crippen molar-refractivity contribution >= 4 is 34.8 Å². The number of rotatable bonds is 3. The zero-order valence-electron chi connectivity index (χ0n) is 13.5. The summed E-state index contributed by atoms with van der Waals surface area (Å²) in [5.41, 5.74) is 2.14.